The van der Waals surface area contributed by atoms with Gasteiger partial charge in [-0.05, 0) is 12.8 Å². The molecule has 1 amide bonds. The molecule has 1 aromatic carbocycles. The largest absolute Gasteiger partial charge is 0.353 e. The molecule has 22 heavy (non-hydrogen) atoms. The summed E-state index contributed by atoms with van der Waals surface area (Å²) in [5.74, 6) is 6.63. The van der Waals surface area contributed by atoms with E-state index in [2.05, 4.69) is 24.1 Å². The van der Waals surface area contributed by atoms with E-state index in [9.17, 15) is 4.79 Å². The number of hydrogen-bond acceptors (Lipinski definition) is 4. The van der Waals surface area contributed by atoms with E-state index in [0.717, 1.165) is 11.3 Å². The number of nitrogens with two attached hydrogens (primary N) is 1. The average molecular weight is 318 g/mol. The first-order valence-electron chi connectivity index (χ1n) is 7.29. The summed E-state index contributed by atoms with van der Waals surface area (Å²) >= 11 is 1.34. The van der Waals surface area contributed by atoms with Gasteiger partial charge in [0.15, 0.2) is 5.16 Å². The number of benzene rings is 1. The van der Waals surface area contributed by atoms with Crippen molar-refractivity contribution in [3.8, 4) is 11.3 Å². The number of carbonyl (C=O) groups excluding carboxylic acids is 1. The van der Waals surface area contributed by atoms with E-state index in [1.54, 1.807) is 6.20 Å². The molecule has 0 aliphatic rings. The number of amides is 1. The fourth-order valence-corrected chi connectivity index (χ4v) is 2.53. The molecule has 3 N–H and O–H groups in total. The second kappa shape index (κ2) is 7.35. The second-order valence-electron chi connectivity index (χ2n) is 5.57. The molecule has 0 saturated heterocycles. The molecule has 5 nitrogen and oxygen atoms in total. The van der Waals surface area contributed by atoms with Gasteiger partial charge in [0.1, 0.15) is 0 Å². The average Bonchev–Trinajstić information content (AvgIpc) is 2.87. The van der Waals surface area contributed by atoms with Gasteiger partial charge < -0.3 is 11.2 Å². The van der Waals surface area contributed by atoms with E-state index >= 15 is 0 Å². The van der Waals surface area contributed by atoms with Crippen molar-refractivity contribution in [2.45, 2.75) is 32.0 Å². The molecule has 118 valence electrons. The lowest BCUT2D eigenvalue weighted by molar-refractivity contribution is -0.119. The molecule has 0 aliphatic carbocycles. The SMILES string of the molecule is CC(C)C(C)NC(=O)CSc1nc(-c2ccccc2)cn1N. The molecule has 1 aromatic heterocycles. The van der Waals surface area contributed by atoms with Gasteiger partial charge in [0, 0.05) is 11.6 Å². The monoisotopic (exact) mass is 318 g/mol. The Morgan fingerprint density at radius 3 is 2.64 bits per heavy atom. The zero-order valence-corrected chi connectivity index (χ0v) is 13.9. The van der Waals surface area contributed by atoms with Crippen LogP contribution in [-0.4, -0.2) is 27.4 Å². The van der Waals surface area contributed by atoms with Gasteiger partial charge in [-0.15, -0.1) is 0 Å². The first kappa shape index (κ1) is 16.4. The quantitative estimate of drug-likeness (QED) is 0.634. The molecular formula is C16H22N4OS. The highest BCUT2D eigenvalue weighted by molar-refractivity contribution is 7.99. The number of nitrogens with one attached hydrogen (secondary N) is 1. The first-order valence-corrected chi connectivity index (χ1v) is 8.28. The Morgan fingerprint density at radius 1 is 1.32 bits per heavy atom. The minimum atomic E-state index is -0.00420. The van der Waals surface area contributed by atoms with Crippen LogP contribution >= 0.6 is 11.8 Å². The van der Waals surface area contributed by atoms with Gasteiger partial charge in [-0.3, -0.25) is 4.79 Å². The van der Waals surface area contributed by atoms with Crippen molar-refractivity contribution in [2.24, 2.45) is 5.92 Å². The van der Waals surface area contributed by atoms with Crippen LogP contribution in [-0.2, 0) is 4.79 Å². The predicted octanol–water partition coefficient (Wildman–Crippen LogP) is 2.52. The van der Waals surface area contributed by atoms with Crippen molar-refractivity contribution in [2.75, 3.05) is 11.6 Å². The van der Waals surface area contributed by atoms with Crippen LogP contribution in [0.2, 0.25) is 0 Å². The van der Waals surface area contributed by atoms with Crippen molar-refractivity contribution in [3.05, 3.63) is 36.5 Å². The molecule has 6 heteroatoms. The summed E-state index contributed by atoms with van der Waals surface area (Å²) in [5, 5.41) is 3.60. The predicted molar refractivity (Wildman–Crippen MR) is 91.0 cm³/mol. The molecule has 0 aliphatic heterocycles. The van der Waals surface area contributed by atoms with E-state index in [-0.39, 0.29) is 11.9 Å². The number of rotatable bonds is 6. The molecular weight excluding hydrogens is 296 g/mol. The third-order valence-electron chi connectivity index (χ3n) is 3.49. The number of nitrogens with zero attached hydrogens (tertiary/aromatic N) is 2. The van der Waals surface area contributed by atoms with Gasteiger partial charge >= 0.3 is 0 Å². The summed E-state index contributed by atoms with van der Waals surface area (Å²) in [6, 6.07) is 9.99. The van der Waals surface area contributed by atoms with Gasteiger partial charge in [-0.2, -0.15) is 0 Å². The fourth-order valence-electron chi connectivity index (χ4n) is 1.82. The summed E-state index contributed by atoms with van der Waals surface area (Å²) in [6.45, 7) is 6.16. The maximum absolute atomic E-state index is 11.9. The molecule has 2 aromatic rings. The minimum Gasteiger partial charge on any atom is -0.353 e. The van der Waals surface area contributed by atoms with Gasteiger partial charge in [-0.1, -0.05) is 55.9 Å². The van der Waals surface area contributed by atoms with Crippen LogP contribution in [0.5, 0.6) is 0 Å². The van der Waals surface area contributed by atoms with E-state index in [4.69, 9.17) is 5.84 Å². The summed E-state index contributed by atoms with van der Waals surface area (Å²) in [7, 11) is 0. The molecule has 0 spiro atoms. The number of imidazole rings is 1. The summed E-state index contributed by atoms with van der Waals surface area (Å²) < 4.78 is 1.46. The molecule has 2 rings (SSSR count). The third-order valence-corrected chi connectivity index (χ3v) is 4.46. The van der Waals surface area contributed by atoms with E-state index < -0.39 is 0 Å². The van der Waals surface area contributed by atoms with Crippen LogP contribution in [0.3, 0.4) is 0 Å². The molecule has 0 saturated carbocycles. The standard InChI is InChI=1S/C16H22N4OS/c1-11(2)12(3)18-15(21)10-22-16-19-14(9-20(16)17)13-7-5-4-6-8-13/h4-9,11-12H,10,17H2,1-3H3,(H,18,21). The maximum atomic E-state index is 11.9. The first-order chi connectivity index (χ1) is 10.5. The fraction of sp³-hybridized carbons (Fsp3) is 0.375. The molecule has 1 heterocycles. The number of hydrogen-bond donors (Lipinski definition) is 2. The van der Waals surface area contributed by atoms with Crippen LogP contribution in [0.15, 0.2) is 41.7 Å². The molecule has 1 atom stereocenters. The van der Waals surface area contributed by atoms with E-state index in [0.29, 0.717) is 16.8 Å². The minimum absolute atomic E-state index is 0.00420. The summed E-state index contributed by atoms with van der Waals surface area (Å²) in [4.78, 5) is 16.4. The molecule has 0 fully saturated rings. The topological polar surface area (TPSA) is 72.9 Å². The highest BCUT2D eigenvalue weighted by Gasteiger charge is 2.13. The lowest BCUT2D eigenvalue weighted by atomic mass is 10.1. The Hall–Kier alpha value is -1.95. The number of nitrogen functional groups attached to an aromatic ring is 1. The van der Waals surface area contributed by atoms with Crippen molar-refractivity contribution in [3.63, 3.8) is 0 Å². The van der Waals surface area contributed by atoms with Crippen LogP contribution < -0.4 is 11.2 Å². The zero-order chi connectivity index (χ0) is 16.1. The van der Waals surface area contributed by atoms with Gasteiger partial charge in [-0.25, -0.2) is 9.66 Å². The third kappa shape index (κ3) is 4.27. The van der Waals surface area contributed by atoms with Gasteiger partial charge in [0.25, 0.3) is 0 Å². The Balaban J connectivity index is 1.97. The van der Waals surface area contributed by atoms with Crippen molar-refractivity contribution in [1.82, 2.24) is 15.0 Å². The highest BCUT2D eigenvalue weighted by Crippen LogP contribution is 2.22. The summed E-state index contributed by atoms with van der Waals surface area (Å²) in [5.41, 5.74) is 1.81. The molecule has 1 unspecified atom stereocenters. The van der Waals surface area contributed by atoms with Crippen molar-refractivity contribution in [1.29, 1.82) is 0 Å². The smallest absolute Gasteiger partial charge is 0.230 e. The highest BCUT2D eigenvalue weighted by atomic mass is 32.2. The normalized spacial score (nSPS) is 12.4. The van der Waals surface area contributed by atoms with Gasteiger partial charge in [0.05, 0.1) is 17.6 Å². The van der Waals surface area contributed by atoms with Crippen LogP contribution in [0.4, 0.5) is 0 Å². The van der Waals surface area contributed by atoms with Crippen LogP contribution in [0.1, 0.15) is 20.8 Å². The maximum Gasteiger partial charge on any atom is 0.230 e. The molecule has 0 bridgehead atoms. The number of thioether (sulfide) groups is 1. The number of aromatic nitrogens is 2. The van der Waals surface area contributed by atoms with E-state index in [1.165, 1.54) is 16.4 Å². The van der Waals surface area contributed by atoms with Crippen molar-refractivity contribution >= 4 is 17.7 Å². The lowest BCUT2D eigenvalue weighted by Crippen LogP contribution is -2.37. The zero-order valence-electron chi connectivity index (χ0n) is 13.1. The van der Waals surface area contributed by atoms with Gasteiger partial charge in [0.2, 0.25) is 5.91 Å². The molecule has 0 radical (unpaired) electrons. The van der Waals surface area contributed by atoms with Crippen LogP contribution in [0, 0.1) is 5.92 Å². The second-order valence-corrected chi connectivity index (χ2v) is 6.51. The Labute approximate surface area is 135 Å². The van der Waals surface area contributed by atoms with Crippen molar-refractivity contribution < 1.29 is 4.79 Å². The number of carbonyl (C=O) groups is 1. The lowest BCUT2D eigenvalue weighted by Gasteiger charge is -2.16. The van der Waals surface area contributed by atoms with E-state index in [1.807, 2.05) is 37.3 Å². The summed E-state index contributed by atoms with van der Waals surface area (Å²) in [6.07, 6.45) is 1.77. The Bertz CT molecular complexity index is 624. The Morgan fingerprint density at radius 2 is 2.00 bits per heavy atom. The van der Waals surface area contributed by atoms with Crippen LogP contribution in [0.25, 0.3) is 11.3 Å². The Kier molecular flexibility index (Phi) is 5.49.